The topological polar surface area (TPSA) is 99.1 Å². The molecule has 3 heterocycles. The van der Waals surface area contributed by atoms with Gasteiger partial charge in [-0.15, -0.1) is 0 Å². The standard InChI is InChI=1S/C11H12FN5O2/c12-2-1-6-3-7(18)11(19-6)17-5-16-8-9(13)14-4-15-10(8)17/h1-2,4-7,11,18H,3H2,(H2,13,14,15)/b2-1+/t6-,7-,11-/m1/s1. The molecule has 19 heavy (non-hydrogen) atoms. The monoisotopic (exact) mass is 265 g/mol. The molecule has 0 aromatic carbocycles. The van der Waals surface area contributed by atoms with Crippen molar-refractivity contribution >= 4 is 17.0 Å². The molecular formula is C11H12FN5O2. The van der Waals surface area contributed by atoms with Gasteiger partial charge in [0.25, 0.3) is 0 Å². The van der Waals surface area contributed by atoms with Crippen LogP contribution in [0.3, 0.4) is 0 Å². The van der Waals surface area contributed by atoms with Crippen molar-refractivity contribution in [3.63, 3.8) is 0 Å². The van der Waals surface area contributed by atoms with Gasteiger partial charge in [0, 0.05) is 6.42 Å². The molecule has 0 unspecified atom stereocenters. The van der Waals surface area contributed by atoms with Crippen molar-refractivity contribution in [2.24, 2.45) is 0 Å². The first-order valence-electron chi connectivity index (χ1n) is 5.74. The van der Waals surface area contributed by atoms with E-state index < -0.39 is 18.4 Å². The Bertz CT molecular complexity index is 629. The second kappa shape index (κ2) is 4.56. The molecule has 1 saturated heterocycles. The van der Waals surface area contributed by atoms with Gasteiger partial charge in [-0.2, -0.15) is 0 Å². The number of fused-ring (bicyclic) bond motifs is 1. The number of aliphatic hydroxyl groups excluding tert-OH is 1. The predicted octanol–water partition coefficient (Wildman–Crippen LogP) is 0.540. The van der Waals surface area contributed by atoms with Crippen LogP contribution in [-0.4, -0.2) is 36.8 Å². The zero-order valence-corrected chi connectivity index (χ0v) is 9.85. The van der Waals surface area contributed by atoms with E-state index in [2.05, 4.69) is 15.0 Å². The Kier molecular flexibility index (Phi) is 2.88. The van der Waals surface area contributed by atoms with Crippen molar-refractivity contribution in [2.45, 2.75) is 24.9 Å². The molecule has 3 atom stereocenters. The van der Waals surface area contributed by atoms with Gasteiger partial charge in [-0.1, -0.05) is 0 Å². The van der Waals surface area contributed by atoms with Crippen LogP contribution >= 0.6 is 0 Å². The summed E-state index contributed by atoms with van der Waals surface area (Å²) in [5.41, 5.74) is 6.61. The molecule has 100 valence electrons. The molecule has 0 radical (unpaired) electrons. The minimum absolute atomic E-state index is 0.261. The molecule has 0 saturated carbocycles. The van der Waals surface area contributed by atoms with Gasteiger partial charge in [-0.3, -0.25) is 4.57 Å². The second-order valence-electron chi connectivity index (χ2n) is 4.27. The number of nitrogen functional groups attached to an aromatic ring is 1. The van der Waals surface area contributed by atoms with Crippen molar-refractivity contribution < 1.29 is 14.2 Å². The summed E-state index contributed by atoms with van der Waals surface area (Å²) < 4.78 is 19.3. The number of aromatic nitrogens is 4. The van der Waals surface area contributed by atoms with E-state index in [1.54, 1.807) is 4.57 Å². The highest BCUT2D eigenvalue weighted by Crippen LogP contribution is 2.31. The highest BCUT2D eigenvalue weighted by Gasteiger charge is 2.35. The molecule has 0 aliphatic carbocycles. The van der Waals surface area contributed by atoms with E-state index in [1.807, 2.05) is 0 Å². The van der Waals surface area contributed by atoms with Crippen molar-refractivity contribution in [1.82, 2.24) is 19.5 Å². The van der Waals surface area contributed by atoms with Crippen molar-refractivity contribution in [2.75, 3.05) is 5.73 Å². The average Bonchev–Trinajstić information content (AvgIpc) is 2.94. The van der Waals surface area contributed by atoms with Crippen LogP contribution in [-0.2, 0) is 4.74 Å². The van der Waals surface area contributed by atoms with E-state index >= 15 is 0 Å². The molecular weight excluding hydrogens is 253 g/mol. The zero-order valence-electron chi connectivity index (χ0n) is 9.85. The number of anilines is 1. The van der Waals surface area contributed by atoms with Gasteiger partial charge in [-0.25, -0.2) is 19.3 Å². The number of nitrogens with two attached hydrogens (primary N) is 1. The van der Waals surface area contributed by atoms with Crippen LogP contribution in [0, 0.1) is 0 Å². The fourth-order valence-electron chi connectivity index (χ4n) is 2.19. The average molecular weight is 265 g/mol. The fraction of sp³-hybridized carbons (Fsp3) is 0.364. The largest absolute Gasteiger partial charge is 0.388 e. The van der Waals surface area contributed by atoms with Crippen LogP contribution in [0.15, 0.2) is 25.1 Å². The molecule has 3 N–H and O–H groups in total. The maximum absolute atomic E-state index is 12.1. The summed E-state index contributed by atoms with van der Waals surface area (Å²) in [4.78, 5) is 12.0. The molecule has 8 heteroatoms. The smallest absolute Gasteiger partial charge is 0.167 e. The number of rotatable bonds is 2. The van der Waals surface area contributed by atoms with E-state index in [9.17, 15) is 9.50 Å². The van der Waals surface area contributed by atoms with Crippen LogP contribution in [0.1, 0.15) is 12.6 Å². The molecule has 1 aliphatic rings. The summed E-state index contributed by atoms with van der Waals surface area (Å²) in [5, 5.41) is 9.98. The normalized spacial score (nSPS) is 27.6. The van der Waals surface area contributed by atoms with Gasteiger partial charge in [0.15, 0.2) is 17.7 Å². The van der Waals surface area contributed by atoms with Crippen molar-refractivity contribution in [1.29, 1.82) is 0 Å². The molecule has 7 nitrogen and oxygen atoms in total. The number of imidazole rings is 1. The Balaban J connectivity index is 1.99. The Morgan fingerprint density at radius 3 is 3.11 bits per heavy atom. The number of hydrogen-bond donors (Lipinski definition) is 2. The Labute approximate surface area is 107 Å². The highest BCUT2D eigenvalue weighted by atomic mass is 19.1. The third kappa shape index (κ3) is 1.94. The summed E-state index contributed by atoms with van der Waals surface area (Å²) in [6, 6.07) is 0. The van der Waals surface area contributed by atoms with Crippen molar-refractivity contribution in [3.8, 4) is 0 Å². The SMILES string of the molecule is Nc1ncnc2c1ncn2[C@@H]1O[C@H](/C=C/F)C[C@H]1O. The summed E-state index contributed by atoms with van der Waals surface area (Å²) in [6.45, 7) is 0. The minimum Gasteiger partial charge on any atom is -0.388 e. The van der Waals surface area contributed by atoms with Gasteiger partial charge in [0.05, 0.1) is 18.8 Å². The molecule has 2 aromatic heterocycles. The van der Waals surface area contributed by atoms with E-state index in [1.165, 1.54) is 18.7 Å². The highest BCUT2D eigenvalue weighted by molar-refractivity contribution is 5.81. The number of hydrogen-bond acceptors (Lipinski definition) is 6. The third-order valence-electron chi connectivity index (χ3n) is 3.07. The molecule has 1 aliphatic heterocycles. The Morgan fingerprint density at radius 2 is 2.32 bits per heavy atom. The third-order valence-corrected chi connectivity index (χ3v) is 3.07. The number of aliphatic hydroxyl groups is 1. The van der Waals surface area contributed by atoms with Crippen LogP contribution < -0.4 is 5.73 Å². The summed E-state index contributed by atoms with van der Waals surface area (Å²) >= 11 is 0. The number of halogens is 1. The molecule has 3 rings (SSSR count). The van der Waals surface area contributed by atoms with Crippen LogP contribution in [0.4, 0.5) is 10.2 Å². The van der Waals surface area contributed by atoms with Gasteiger partial charge in [0.2, 0.25) is 0 Å². The maximum Gasteiger partial charge on any atom is 0.167 e. The van der Waals surface area contributed by atoms with E-state index in [4.69, 9.17) is 10.5 Å². The first-order valence-corrected chi connectivity index (χ1v) is 5.74. The maximum atomic E-state index is 12.1. The lowest BCUT2D eigenvalue weighted by Gasteiger charge is -2.15. The molecule has 0 spiro atoms. The quantitative estimate of drug-likeness (QED) is 0.822. The van der Waals surface area contributed by atoms with Gasteiger partial charge < -0.3 is 15.6 Å². The van der Waals surface area contributed by atoms with Gasteiger partial charge in [-0.05, 0) is 6.08 Å². The fourth-order valence-corrected chi connectivity index (χ4v) is 2.19. The second-order valence-corrected chi connectivity index (χ2v) is 4.27. The lowest BCUT2D eigenvalue weighted by Crippen LogP contribution is -2.19. The summed E-state index contributed by atoms with van der Waals surface area (Å²) in [7, 11) is 0. The molecule has 1 fully saturated rings. The van der Waals surface area contributed by atoms with Gasteiger partial charge in [0.1, 0.15) is 17.9 Å². The minimum atomic E-state index is -0.769. The van der Waals surface area contributed by atoms with E-state index in [0.29, 0.717) is 23.9 Å². The number of ether oxygens (including phenoxy) is 1. The summed E-state index contributed by atoms with van der Waals surface area (Å²) in [6.07, 6.45) is 2.86. The lowest BCUT2D eigenvalue weighted by atomic mass is 10.2. The first kappa shape index (κ1) is 12.0. The van der Waals surface area contributed by atoms with E-state index in [-0.39, 0.29) is 5.82 Å². The van der Waals surface area contributed by atoms with Gasteiger partial charge >= 0.3 is 0 Å². The predicted molar refractivity (Wildman–Crippen MR) is 64.5 cm³/mol. The number of nitrogens with zero attached hydrogens (tertiary/aromatic N) is 4. The Morgan fingerprint density at radius 1 is 1.47 bits per heavy atom. The van der Waals surface area contributed by atoms with Crippen LogP contribution in [0.2, 0.25) is 0 Å². The van der Waals surface area contributed by atoms with Crippen molar-refractivity contribution in [3.05, 3.63) is 25.1 Å². The van der Waals surface area contributed by atoms with Crippen LogP contribution in [0.25, 0.3) is 11.2 Å². The first-order chi connectivity index (χ1) is 9.20. The lowest BCUT2D eigenvalue weighted by molar-refractivity contribution is -0.0229. The Hall–Kier alpha value is -2.06. The molecule has 0 bridgehead atoms. The molecule has 2 aromatic rings. The van der Waals surface area contributed by atoms with E-state index in [0.717, 1.165) is 0 Å². The molecule has 0 amide bonds. The van der Waals surface area contributed by atoms with Crippen LogP contribution in [0.5, 0.6) is 0 Å². The summed E-state index contributed by atoms with van der Waals surface area (Å²) in [5.74, 6) is 0.261. The zero-order chi connectivity index (χ0) is 13.4.